The summed E-state index contributed by atoms with van der Waals surface area (Å²) in [5, 5.41) is 3.15. The number of nitrogens with one attached hydrogen (secondary N) is 1. The number of hydrogen-bond donors (Lipinski definition) is 1. The van der Waals surface area contributed by atoms with E-state index < -0.39 is 23.9 Å². The molecular weight excluding hydrogens is 454 g/mol. The van der Waals surface area contributed by atoms with Crippen LogP contribution in [-0.2, 0) is 33.6 Å². The van der Waals surface area contributed by atoms with Gasteiger partial charge in [0.05, 0.1) is 19.7 Å². The summed E-state index contributed by atoms with van der Waals surface area (Å²) < 4.78 is 17.9. The molecule has 0 radical (unpaired) electrons. The second-order valence-electron chi connectivity index (χ2n) is 11.3. The van der Waals surface area contributed by atoms with E-state index in [0.717, 1.165) is 51.9 Å². The van der Waals surface area contributed by atoms with Crippen LogP contribution in [0.25, 0.3) is 0 Å². The highest BCUT2D eigenvalue weighted by Gasteiger charge is 2.69. The summed E-state index contributed by atoms with van der Waals surface area (Å²) in [7, 11) is 0. The molecule has 8 unspecified atom stereocenters. The smallest absolute Gasteiger partial charge is 0.320 e. The number of nitrogens with zero attached hydrogens (tertiary/aromatic N) is 2. The normalized spacial score (nSPS) is 43.8. The van der Waals surface area contributed by atoms with Gasteiger partial charge in [-0.15, -0.1) is 0 Å². The van der Waals surface area contributed by atoms with Crippen LogP contribution in [0, 0.1) is 23.7 Å². The maximum atomic E-state index is 13.0. The van der Waals surface area contributed by atoms with Crippen LogP contribution in [-0.4, -0.2) is 91.5 Å². The average molecular weight is 496 g/mol. The Kier molecular flexibility index (Phi) is 7.15. The van der Waals surface area contributed by atoms with Crippen LogP contribution in [0.4, 0.5) is 0 Å². The molecular formula is C25H41N3O7. The van der Waals surface area contributed by atoms with Gasteiger partial charge in [-0.1, -0.05) is 13.8 Å². The van der Waals surface area contributed by atoms with Gasteiger partial charge in [-0.25, -0.2) is 9.78 Å². The highest BCUT2D eigenvalue weighted by molar-refractivity contribution is 5.78. The molecule has 1 saturated carbocycles. The zero-order valence-electron chi connectivity index (χ0n) is 21.5. The predicted octanol–water partition coefficient (Wildman–Crippen LogP) is 1.49. The van der Waals surface area contributed by atoms with Crippen molar-refractivity contribution in [2.75, 3.05) is 45.9 Å². The first-order chi connectivity index (χ1) is 16.7. The molecule has 1 aliphatic carbocycles. The number of fused-ring (bicyclic) bond motifs is 2. The minimum absolute atomic E-state index is 0.0560. The van der Waals surface area contributed by atoms with E-state index in [4.69, 9.17) is 24.0 Å². The number of rotatable bonds is 6. The van der Waals surface area contributed by atoms with Crippen molar-refractivity contribution >= 4 is 11.9 Å². The number of amides is 1. The summed E-state index contributed by atoms with van der Waals surface area (Å²) in [6, 6.07) is 0. The SMILES string of the molecule is CCOC(=O)CN1CCN(CC(=O)NC2OC3OC4(C)CCC5C(C)CCC(C2C)C35OO4)CC1. The van der Waals surface area contributed by atoms with Gasteiger partial charge in [-0.05, 0) is 44.9 Å². The molecule has 0 aromatic carbocycles. The molecule has 5 saturated heterocycles. The average Bonchev–Trinajstić information content (AvgIpc) is 3.04. The molecule has 6 rings (SSSR count). The number of ether oxygens (including phenoxy) is 3. The van der Waals surface area contributed by atoms with Gasteiger partial charge < -0.3 is 19.5 Å². The second-order valence-corrected chi connectivity index (χ2v) is 11.3. The minimum Gasteiger partial charge on any atom is -0.465 e. The highest BCUT2D eigenvalue weighted by atomic mass is 17.3. The van der Waals surface area contributed by atoms with Crippen molar-refractivity contribution in [3.63, 3.8) is 0 Å². The van der Waals surface area contributed by atoms with Gasteiger partial charge in [0, 0.05) is 44.4 Å². The predicted molar refractivity (Wildman–Crippen MR) is 124 cm³/mol. The molecule has 6 aliphatic rings. The lowest BCUT2D eigenvalue weighted by Crippen LogP contribution is -2.72. The van der Waals surface area contributed by atoms with E-state index in [2.05, 4.69) is 29.0 Å². The molecule has 35 heavy (non-hydrogen) atoms. The molecule has 10 heteroatoms. The van der Waals surface area contributed by atoms with Gasteiger partial charge in [0.1, 0.15) is 6.23 Å². The first-order valence-electron chi connectivity index (χ1n) is 13.3. The number of hydrogen-bond acceptors (Lipinski definition) is 9. The van der Waals surface area contributed by atoms with Crippen LogP contribution in [0.1, 0.15) is 53.4 Å². The van der Waals surface area contributed by atoms with Crippen molar-refractivity contribution in [2.45, 2.75) is 77.3 Å². The van der Waals surface area contributed by atoms with Gasteiger partial charge >= 0.3 is 5.97 Å². The molecule has 1 amide bonds. The van der Waals surface area contributed by atoms with Crippen molar-refractivity contribution in [1.82, 2.24) is 15.1 Å². The third kappa shape index (κ3) is 4.73. The van der Waals surface area contributed by atoms with Crippen molar-refractivity contribution in [3.05, 3.63) is 0 Å². The fourth-order valence-corrected chi connectivity index (χ4v) is 6.97. The van der Waals surface area contributed by atoms with Crippen LogP contribution in [0.15, 0.2) is 0 Å². The van der Waals surface area contributed by atoms with Crippen LogP contribution < -0.4 is 5.32 Å². The van der Waals surface area contributed by atoms with Crippen LogP contribution in [0.2, 0.25) is 0 Å². The summed E-state index contributed by atoms with van der Waals surface area (Å²) >= 11 is 0. The first-order valence-corrected chi connectivity index (χ1v) is 13.3. The molecule has 0 aromatic heterocycles. The molecule has 2 bridgehead atoms. The monoisotopic (exact) mass is 495 g/mol. The van der Waals surface area contributed by atoms with Crippen LogP contribution >= 0.6 is 0 Å². The summed E-state index contributed by atoms with van der Waals surface area (Å²) in [5.74, 6) is -0.0124. The van der Waals surface area contributed by atoms with Gasteiger partial charge in [0.25, 0.3) is 0 Å². The van der Waals surface area contributed by atoms with E-state index in [-0.39, 0.29) is 23.7 Å². The maximum absolute atomic E-state index is 13.0. The van der Waals surface area contributed by atoms with Crippen molar-refractivity contribution in [1.29, 1.82) is 0 Å². The third-order valence-corrected chi connectivity index (χ3v) is 8.95. The second kappa shape index (κ2) is 9.87. The van der Waals surface area contributed by atoms with E-state index in [1.54, 1.807) is 0 Å². The Bertz CT molecular complexity index is 806. The van der Waals surface area contributed by atoms with E-state index in [1.807, 2.05) is 13.8 Å². The summed E-state index contributed by atoms with van der Waals surface area (Å²) in [5.41, 5.74) is -0.621. The summed E-state index contributed by atoms with van der Waals surface area (Å²) in [6.07, 6.45) is 2.88. The zero-order chi connectivity index (χ0) is 24.8. The Morgan fingerprint density at radius 2 is 1.71 bits per heavy atom. The number of carbonyl (C=O) groups excluding carboxylic acids is 2. The lowest BCUT2D eigenvalue weighted by Gasteiger charge is -2.60. The van der Waals surface area contributed by atoms with E-state index in [1.165, 1.54) is 0 Å². The molecule has 10 nitrogen and oxygen atoms in total. The standard InChI is InChI=1S/C25H41N3O7/c1-5-31-21(30)15-28-12-10-27(11-13-28)14-20(29)26-22-17(3)19-7-6-16(2)18-8-9-24(4)33-23(32-22)25(18,19)35-34-24/h16-19,22-23H,5-15H2,1-4H3,(H,26,29). The fourth-order valence-electron chi connectivity index (χ4n) is 6.97. The van der Waals surface area contributed by atoms with Gasteiger partial charge in [0.2, 0.25) is 11.7 Å². The number of carbonyl (C=O) groups is 2. The lowest BCUT2D eigenvalue weighted by atomic mass is 9.58. The van der Waals surface area contributed by atoms with Gasteiger partial charge in [-0.2, -0.15) is 0 Å². The Labute approximate surface area is 207 Å². The fraction of sp³-hybridized carbons (Fsp3) is 0.920. The molecule has 0 aromatic rings. The van der Waals surface area contributed by atoms with E-state index >= 15 is 0 Å². The molecule has 5 aliphatic heterocycles. The Morgan fingerprint density at radius 1 is 1.00 bits per heavy atom. The van der Waals surface area contributed by atoms with Crippen LogP contribution in [0.5, 0.6) is 0 Å². The molecule has 198 valence electrons. The van der Waals surface area contributed by atoms with Crippen molar-refractivity contribution in [2.24, 2.45) is 23.7 Å². The third-order valence-electron chi connectivity index (χ3n) is 8.95. The molecule has 1 spiro atoms. The molecule has 1 N–H and O–H groups in total. The molecule has 6 fully saturated rings. The quantitative estimate of drug-likeness (QED) is 0.434. The summed E-state index contributed by atoms with van der Waals surface area (Å²) in [4.78, 5) is 41.0. The first kappa shape index (κ1) is 25.4. The zero-order valence-corrected chi connectivity index (χ0v) is 21.5. The van der Waals surface area contributed by atoms with Crippen LogP contribution in [0.3, 0.4) is 0 Å². The maximum Gasteiger partial charge on any atom is 0.320 e. The van der Waals surface area contributed by atoms with Gasteiger partial charge in [-0.3, -0.25) is 19.4 Å². The van der Waals surface area contributed by atoms with Gasteiger partial charge in [0.15, 0.2) is 11.9 Å². The number of piperazine rings is 1. The molecule has 8 atom stereocenters. The minimum atomic E-state index is -0.824. The van der Waals surface area contributed by atoms with E-state index in [9.17, 15) is 9.59 Å². The molecule has 5 heterocycles. The Balaban J connectivity index is 1.19. The van der Waals surface area contributed by atoms with Crippen molar-refractivity contribution in [3.8, 4) is 0 Å². The summed E-state index contributed by atoms with van der Waals surface area (Å²) in [6.45, 7) is 12.1. The Morgan fingerprint density at radius 3 is 2.43 bits per heavy atom. The van der Waals surface area contributed by atoms with Crippen molar-refractivity contribution < 1.29 is 33.6 Å². The van der Waals surface area contributed by atoms with E-state index in [0.29, 0.717) is 31.5 Å². The topological polar surface area (TPSA) is 98.8 Å². The number of esters is 1. The largest absolute Gasteiger partial charge is 0.465 e. The lowest BCUT2D eigenvalue weighted by molar-refractivity contribution is -0.571. The Hall–Kier alpha value is -1.30. The highest BCUT2D eigenvalue weighted by Crippen LogP contribution is 2.60.